The molecular formula is C19H16N4O4. The fourth-order valence-electron chi connectivity index (χ4n) is 2.96. The van der Waals surface area contributed by atoms with Crippen LogP contribution in [0.4, 0.5) is 0 Å². The van der Waals surface area contributed by atoms with Crippen molar-refractivity contribution in [2.24, 2.45) is 5.10 Å². The number of nitrogens with one attached hydrogen (secondary N) is 2. The van der Waals surface area contributed by atoms with Crippen molar-refractivity contribution in [1.82, 2.24) is 14.6 Å². The number of rotatable bonds is 3. The van der Waals surface area contributed by atoms with E-state index in [1.54, 1.807) is 12.1 Å². The van der Waals surface area contributed by atoms with Gasteiger partial charge in [-0.25, -0.2) is 4.79 Å². The van der Waals surface area contributed by atoms with Crippen LogP contribution in [-0.4, -0.2) is 33.1 Å². The summed E-state index contributed by atoms with van der Waals surface area (Å²) in [5.41, 5.74) is 1.88. The van der Waals surface area contributed by atoms with Gasteiger partial charge in [0, 0.05) is 10.9 Å². The number of nitrogens with zero attached hydrogens (tertiary/aromatic N) is 2. The molecule has 0 saturated heterocycles. The van der Waals surface area contributed by atoms with Crippen molar-refractivity contribution in [1.29, 1.82) is 0 Å². The normalized spacial score (nSPS) is 11.6. The van der Waals surface area contributed by atoms with Gasteiger partial charge in [0.25, 0.3) is 0 Å². The molecule has 0 spiro atoms. The van der Waals surface area contributed by atoms with E-state index < -0.39 is 11.2 Å². The fraction of sp³-hybridized carbons (Fsp3) is 0.105. The Morgan fingerprint density at radius 2 is 1.93 bits per heavy atom. The van der Waals surface area contributed by atoms with Gasteiger partial charge < -0.3 is 19.8 Å². The minimum absolute atomic E-state index is 0.0144. The van der Waals surface area contributed by atoms with Crippen LogP contribution in [0, 0.1) is 6.92 Å². The molecule has 2 heterocycles. The summed E-state index contributed by atoms with van der Waals surface area (Å²) in [6.45, 7) is 1.94. The summed E-state index contributed by atoms with van der Waals surface area (Å²) in [4.78, 5) is 30.9. The van der Waals surface area contributed by atoms with Crippen molar-refractivity contribution in [3.05, 3.63) is 68.4 Å². The number of aromatic nitrogens is 3. The van der Waals surface area contributed by atoms with Crippen molar-refractivity contribution in [2.75, 3.05) is 7.11 Å². The number of methoxy groups -OCH3 is 1. The average molecular weight is 364 g/mol. The Morgan fingerprint density at radius 1 is 1.11 bits per heavy atom. The Morgan fingerprint density at radius 3 is 2.70 bits per heavy atom. The van der Waals surface area contributed by atoms with E-state index in [4.69, 9.17) is 4.74 Å². The number of phenols is 1. The molecule has 4 aromatic rings. The summed E-state index contributed by atoms with van der Waals surface area (Å²) >= 11 is 0. The summed E-state index contributed by atoms with van der Waals surface area (Å²) in [5.74, 6) is 0.251. The Labute approximate surface area is 152 Å². The van der Waals surface area contributed by atoms with Gasteiger partial charge in [0.2, 0.25) is 0 Å². The Hall–Kier alpha value is -3.81. The summed E-state index contributed by atoms with van der Waals surface area (Å²) in [6, 6.07) is 10.3. The molecule has 8 heteroatoms. The zero-order valence-electron chi connectivity index (χ0n) is 14.6. The molecule has 3 N–H and O–H groups in total. The minimum atomic E-state index is -0.642. The van der Waals surface area contributed by atoms with Crippen LogP contribution in [0.15, 0.2) is 51.1 Å². The fourth-order valence-corrected chi connectivity index (χ4v) is 2.96. The molecule has 4 rings (SSSR count). The van der Waals surface area contributed by atoms with Crippen LogP contribution < -0.4 is 16.0 Å². The van der Waals surface area contributed by atoms with Gasteiger partial charge in [-0.1, -0.05) is 11.6 Å². The monoisotopic (exact) mass is 364 g/mol. The lowest BCUT2D eigenvalue weighted by Gasteiger charge is -2.03. The first kappa shape index (κ1) is 16.6. The van der Waals surface area contributed by atoms with Crippen molar-refractivity contribution < 1.29 is 9.84 Å². The number of aromatic hydroxyl groups is 1. The lowest BCUT2D eigenvalue weighted by atomic mass is 10.2. The van der Waals surface area contributed by atoms with Crippen molar-refractivity contribution >= 4 is 28.2 Å². The maximum atomic E-state index is 12.7. The highest BCUT2D eigenvalue weighted by Crippen LogP contribution is 2.25. The second-order valence-corrected chi connectivity index (χ2v) is 6.15. The number of ether oxygens (including phenoxy) is 1. The minimum Gasteiger partial charge on any atom is -0.504 e. The van der Waals surface area contributed by atoms with Gasteiger partial charge in [0.1, 0.15) is 5.52 Å². The largest absolute Gasteiger partial charge is 0.504 e. The average Bonchev–Trinajstić information content (AvgIpc) is 3.01. The zero-order valence-corrected chi connectivity index (χ0v) is 14.6. The second kappa shape index (κ2) is 6.17. The van der Waals surface area contributed by atoms with Gasteiger partial charge in [0.15, 0.2) is 11.5 Å². The molecule has 2 aromatic carbocycles. The van der Waals surface area contributed by atoms with E-state index >= 15 is 0 Å². The highest BCUT2D eigenvalue weighted by atomic mass is 16.5. The number of phenolic OH excluding ortho intramolecular Hbond substituents is 1. The second-order valence-electron chi connectivity index (χ2n) is 6.15. The van der Waals surface area contributed by atoms with Crippen LogP contribution in [-0.2, 0) is 0 Å². The summed E-state index contributed by atoms with van der Waals surface area (Å²) in [7, 11) is 1.43. The summed E-state index contributed by atoms with van der Waals surface area (Å²) in [6.07, 6.45) is 1.34. The Balaban J connectivity index is 1.86. The number of aryl methyl sites for hydroxylation is 1. The number of benzene rings is 2. The van der Waals surface area contributed by atoms with Gasteiger partial charge in [-0.15, -0.1) is 4.68 Å². The molecule has 0 atom stereocenters. The third kappa shape index (κ3) is 2.77. The number of hydrogen-bond donors (Lipinski definition) is 3. The Kier molecular flexibility index (Phi) is 3.80. The predicted octanol–water partition coefficient (Wildman–Crippen LogP) is 2.08. The summed E-state index contributed by atoms with van der Waals surface area (Å²) < 4.78 is 5.79. The van der Waals surface area contributed by atoms with Gasteiger partial charge in [-0.05, 0) is 42.8 Å². The molecule has 0 amide bonds. The lowest BCUT2D eigenvalue weighted by molar-refractivity contribution is 0.373. The topological polar surface area (TPSA) is 112 Å². The first-order valence-corrected chi connectivity index (χ1v) is 8.16. The third-order valence-electron chi connectivity index (χ3n) is 4.31. The smallest absolute Gasteiger partial charge is 0.350 e. The lowest BCUT2D eigenvalue weighted by Crippen LogP contribution is -2.32. The standard InChI is InChI=1S/C19H16N4O4/c1-10-3-5-13-12(7-10)16-17(21-13)18(25)23(19(26)22-16)20-9-11-4-6-14(24)15(8-11)27-2/h3-9,21,24H,1-2H3,(H,22,26)/b20-9-. The number of H-pyrrole nitrogens is 2. The van der Waals surface area contributed by atoms with E-state index in [1.807, 2.05) is 25.1 Å². The van der Waals surface area contributed by atoms with E-state index in [2.05, 4.69) is 15.1 Å². The number of fused-ring (bicyclic) bond motifs is 3. The van der Waals surface area contributed by atoms with Crippen molar-refractivity contribution in [3.63, 3.8) is 0 Å². The molecule has 0 aliphatic rings. The van der Waals surface area contributed by atoms with E-state index in [0.717, 1.165) is 21.1 Å². The molecule has 0 aliphatic carbocycles. The van der Waals surface area contributed by atoms with Crippen molar-refractivity contribution in [2.45, 2.75) is 6.92 Å². The molecule has 0 radical (unpaired) electrons. The SMILES string of the molecule is COc1cc(/C=N\n2c(=O)[nH]c3c([nH]c4ccc(C)cc43)c2=O)ccc1O. The molecule has 8 nitrogen and oxygen atoms in total. The quantitative estimate of drug-likeness (QED) is 0.483. The molecular weight excluding hydrogens is 348 g/mol. The maximum absolute atomic E-state index is 12.7. The number of hydrogen-bond acceptors (Lipinski definition) is 5. The van der Waals surface area contributed by atoms with Crippen LogP contribution in [0.25, 0.3) is 21.9 Å². The van der Waals surface area contributed by atoms with Crippen LogP contribution in [0.5, 0.6) is 11.5 Å². The van der Waals surface area contributed by atoms with Gasteiger partial charge in [-0.3, -0.25) is 4.79 Å². The Bertz CT molecular complexity index is 1330. The van der Waals surface area contributed by atoms with Gasteiger partial charge in [-0.2, -0.15) is 5.10 Å². The first-order valence-electron chi connectivity index (χ1n) is 8.16. The van der Waals surface area contributed by atoms with Gasteiger partial charge >= 0.3 is 11.2 Å². The molecule has 0 fully saturated rings. The van der Waals surface area contributed by atoms with E-state index in [1.165, 1.54) is 19.4 Å². The van der Waals surface area contributed by atoms with E-state index in [-0.39, 0.29) is 17.0 Å². The predicted molar refractivity (Wildman–Crippen MR) is 103 cm³/mol. The highest BCUT2D eigenvalue weighted by Gasteiger charge is 2.12. The molecule has 2 aromatic heterocycles. The molecule has 0 saturated carbocycles. The zero-order chi connectivity index (χ0) is 19.1. The maximum Gasteiger partial charge on any atom is 0.350 e. The first-order chi connectivity index (χ1) is 13.0. The van der Waals surface area contributed by atoms with Crippen LogP contribution in [0.3, 0.4) is 0 Å². The molecule has 0 unspecified atom stereocenters. The molecule has 0 aliphatic heterocycles. The highest BCUT2D eigenvalue weighted by molar-refractivity contribution is 6.04. The van der Waals surface area contributed by atoms with Gasteiger partial charge in [0.05, 0.1) is 18.8 Å². The van der Waals surface area contributed by atoms with Crippen molar-refractivity contribution in [3.8, 4) is 11.5 Å². The number of aromatic amines is 2. The molecule has 0 bridgehead atoms. The van der Waals surface area contributed by atoms with Crippen LogP contribution >= 0.6 is 0 Å². The van der Waals surface area contributed by atoms with E-state index in [9.17, 15) is 14.7 Å². The van der Waals surface area contributed by atoms with Crippen LogP contribution in [0.1, 0.15) is 11.1 Å². The van der Waals surface area contributed by atoms with Crippen LogP contribution in [0.2, 0.25) is 0 Å². The summed E-state index contributed by atoms with van der Waals surface area (Å²) in [5, 5.41) is 14.4. The molecule has 27 heavy (non-hydrogen) atoms. The van der Waals surface area contributed by atoms with E-state index in [0.29, 0.717) is 11.1 Å². The molecule has 136 valence electrons. The third-order valence-corrected chi connectivity index (χ3v) is 4.31.